The van der Waals surface area contributed by atoms with Crippen LogP contribution in [-0.2, 0) is 0 Å². The van der Waals surface area contributed by atoms with Gasteiger partial charge in [0.1, 0.15) is 5.82 Å². The van der Waals surface area contributed by atoms with Crippen LogP contribution >= 0.6 is 0 Å². The molecular formula is C14H20FNO2. The Balaban J connectivity index is 3.22. The Kier molecular flexibility index (Phi) is 4.70. The van der Waals surface area contributed by atoms with Crippen LogP contribution < -0.4 is 4.90 Å². The average Bonchev–Trinajstić information content (AvgIpc) is 2.25. The molecule has 100 valence electrons. The van der Waals surface area contributed by atoms with E-state index in [1.165, 1.54) is 6.07 Å². The van der Waals surface area contributed by atoms with Crippen molar-refractivity contribution < 1.29 is 14.3 Å². The van der Waals surface area contributed by atoms with E-state index >= 15 is 0 Å². The van der Waals surface area contributed by atoms with Crippen LogP contribution in [-0.4, -0.2) is 23.7 Å². The second-order valence-corrected chi connectivity index (χ2v) is 5.11. The van der Waals surface area contributed by atoms with Crippen molar-refractivity contribution in [2.75, 3.05) is 11.4 Å². The molecule has 1 aromatic carbocycles. The molecule has 0 aliphatic heterocycles. The van der Waals surface area contributed by atoms with Gasteiger partial charge in [-0.2, -0.15) is 0 Å². The summed E-state index contributed by atoms with van der Waals surface area (Å²) < 4.78 is 13.2. The highest BCUT2D eigenvalue weighted by Gasteiger charge is 2.19. The summed E-state index contributed by atoms with van der Waals surface area (Å²) >= 11 is 0. The van der Waals surface area contributed by atoms with Crippen LogP contribution in [0, 0.1) is 11.7 Å². The van der Waals surface area contributed by atoms with Crippen LogP contribution in [0.25, 0.3) is 0 Å². The zero-order valence-corrected chi connectivity index (χ0v) is 11.3. The van der Waals surface area contributed by atoms with Crippen LogP contribution in [0.2, 0.25) is 0 Å². The molecule has 0 amide bonds. The number of rotatable bonds is 5. The van der Waals surface area contributed by atoms with E-state index in [9.17, 15) is 9.18 Å². The Morgan fingerprint density at radius 3 is 2.39 bits per heavy atom. The number of anilines is 1. The van der Waals surface area contributed by atoms with Crippen LogP contribution in [0.15, 0.2) is 18.2 Å². The molecule has 18 heavy (non-hydrogen) atoms. The zero-order chi connectivity index (χ0) is 13.9. The summed E-state index contributed by atoms with van der Waals surface area (Å²) in [7, 11) is 0. The highest BCUT2D eigenvalue weighted by molar-refractivity contribution is 5.94. The van der Waals surface area contributed by atoms with E-state index < -0.39 is 11.8 Å². The van der Waals surface area contributed by atoms with Crippen molar-refractivity contribution in [3.05, 3.63) is 29.6 Å². The van der Waals surface area contributed by atoms with Gasteiger partial charge in [-0.1, -0.05) is 13.8 Å². The molecule has 0 saturated heterocycles. The SMILES string of the molecule is CC(C)CN(c1ccc(F)cc1C(=O)O)C(C)C. The van der Waals surface area contributed by atoms with Crippen molar-refractivity contribution in [3.63, 3.8) is 0 Å². The summed E-state index contributed by atoms with van der Waals surface area (Å²) in [4.78, 5) is 13.2. The number of carboxylic acids is 1. The van der Waals surface area contributed by atoms with Gasteiger partial charge in [0, 0.05) is 12.6 Å². The van der Waals surface area contributed by atoms with Gasteiger partial charge in [0.2, 0.25) is 0 Å². The Bertz CT molecular complexity index is 430. The monoisotopic (exact) mass is 253 g/mol. The van der Waals surface area contributed by atoms with Gasteiger partial charge in [-0.25, -0.2) is 9.18 Å². The fraction of sp³-hybridized carbons (Fsp3) is 0.500. The molecule has 1 N–H and O–H groups in total. The van der Waals surface area contributed by atoms with E-state index in [2.05, 4.69) is 13.8 Å². The lowest BCUT2D eigenvalue weighted by molar-refractivity contribution is 0.0697. The molecule has 1 rings (SSSR count). The molecule has 0 fully saturated rings. The van der Waals surface area contributed by atoms with Crippen LogP contribution in [0.5, 0.6) is 0 Å². The predicted octanol–water partition coefficient (Wildman–Crippen LogP) is 3.39. The minimum absolute atomic E-state index is 0.0179. The predicted molar refractivity (Wildman–Crippen MR) is 70.7 cm³/mol. The van der Waals surface area contributed by atoms with Gasteiger partial charge >= 0.3 is 5.97 Å². The first-order chi connectivity index (χ1) is 8.32. The maximum Gasteiger partial charge on any atom is 0.337 e. The van der Waals surface area contributed by atoms with Gasteiger partial charge in [0.15, 0.2) is 0 Å². The molecule has 0 unspecified atom stereocenters. The van der Waals surface area contributed by atoms with E-state index in [0.717, 1.165) is 12.6 Å². The smallest absolute Gasteiger partial charge is 0.337 e. The summed E-state index contributed by atoms with van der Waals surface area (Å²) in [6, 6.07) is 4.09. The van der Waals surface area contributed by atoms with E-state index in [1.807, 2.05) is 18.7 Å². The summed E-state index contributed by atoms with van der Waals surface area (Å²) in [6.07, 6.45) is 0. The van der Waals surface area contributed by atoms with Crippen molar-refractivity contribution >= 4 is 11.7 Å². The highest BCUT2D eigenvalue weighted by Crippen LogP contribution is 2.24. The summed E-state index contributed by atoms with van der Waals surface area (Å²) in [5, 5.41) is 9.16. The molecule has 0 aliphatic rings. The van der Waals surface area contributed by atoms with Gasteiger partial charge in [-0.05, 0) is 38.0 Å². The third-order valence-corrected chi connectivity index (χ3v) is 2.68. The van der Waals surface area contributed by atoms with Gasteiger partial charge < -0.3 is 10.0 Å². The number of benzene rings is 1. The molecule has 0 aromatic heterocycles. The van der Waals surface area contributed by atoms with Gasteiger partial charge in [-0.15, -0.1) is 0 Å². The number of nitrogens with zero attached hydrogens (tertiary/aromatic N) is 1. The molecule has 0 spiro atoms. The highest BCUT2D eigenvalue weighted by atomic mass is 19.1. The normalized spacial score (nSPS) is 11.1. The fourth-order valence-electron chi connectivity index (χ4n) is 1.91. The van der Waals surface area contributed by atoms with Crippen molar-refractivity contribution in [2.24, 2.45) is 5.92 Å². The first-order valence-electron chi connectivity index (χ1n) is 6.12. The first kappa shape index (κ1) is 14.5. The van der Waals surface area contributed by atoms with Crippen LogP contribution in [0.4, 0.5) is 10.1 Å². The first-order valence-corrected chi connectivity index (χ1v) is 6.12. The third-order valence-electron chi connectivity index (χ3n) is 2.68. The summed E-state index contributed by atoms with van der Waals surface area (Å²) in [6.45, 7) is 8.87. The van der Waals surface area contributed by atoms with Crippen molar-refractivity contribution in [1.82, 2.24) is 0 Å². The number of carbonyl (C=O) groups is 1. The Morgan fingerprint density at radius 1 is 1.33 bits per heavy atom. The fourth-order valence-corrected chi connectivity index (χ4v) is 1.91. The van der Waals surface area contributed by atoms with E-state index in [-0.39, 0.29) is 11.6 Å². The van der Waals surface area contributed by atoms with Crippen molar-refractivity contribution in [3.8, 4) is 0 Å². The molecule has 1 aromatic rings. The largest absolute Gasteiger partial charge is 0.478 e. The third kappa shape index (κ3) is 3.45. The van der Waals surface area contributed by atoms with Crippen molar-refractivity contribution in [2.45, 2.75) is 33.7 Å². The Labute approximate surface area is 107 Å². The summed E-state index contributed by atoms with van der Waals surface area (Å²) in [5.41, 5.74) is 0.594. The quantitative estimate of drug-likeness (QED) is 0.874. The number of hydrogen-bond acceptors (Lipinski definition) is 2. The number of hydrogen-bond donors (Lipinski definition) is 1. The standard InChI is InChI=1S/C14H20FNO2/c1-9(2)8-16(10(3)4)13-6-5-11(15)7-12(13)14(17)18/h5-7,9-10H,8H2,1-4H3,(H,17,18). The Morgan fingerprint density at radius 2 is 1.94 bits per heavy atom. The van der Waals surface area contributed by atoms with E-state index in [1.54, 1.807) is 6.07 Å². The van der Waals surface area contributed by atoms with Gasteiger partial charge in [-0.3, -0.25) is 0 Å². The molecule has 0 aliphatic carbocycles. The maximum atomic E-state index is 13.2. The maximum absolute atomic E-state index is 13.2. The van der Waals surface area contributed by atoms with Gasteiger partial charge in [0.05, 0.1) is 11.3 Å². The van der Waals surface area contributed by atoms with Gasteiger partial charge in [0.25, 0.3) is 0 Å². The number of halogens is 1. The second kappa shape index (κ2) is 5.85. The Hall–Kier alpha value is -1.58. The lowest BCUT2D eigenvalue weighted by Crippen LogP contribution is -2.35. The topological polar surface area (TPSA) is 40.5 Å². The van der Waals surface area contributed by atoms with Crippen LogP contribution in [0.1, 0.15) is 38.1 Å². The van der Waals surface area contributed by atoms with E-state index in [0.29, 0.717) is 11.6 Å². The number of carboxylic acid groups (broad SMARTS) is 1. The van der Waals surface area contributed by atoms with E-state index in [4.69, 9.17) is 5.11 Å². The average molecular weight is 253 g/mol. The molecule has 0 saturated carbocycles. The lowest BCUT2D eigenvalue weighted by Gasteiger charge is -2.31. The minimum atomic E-state index is -1.10. The molecule has 4 heteroatoms. The molecular weight excluding hydrogens is 233 g/mol. The molecule has 0 radical (unpaired) electrons. The molecule has 0 heterocycles. The molecule has 0 atom stereocenters. The second-order valence-electron chi connectivity index (χ2n) is 5.11. The zero-order valence-electron chi connectivity index (χ0n) is 11.3. The summed E-state index contributed by atoms with van der Waals surface area (Å²) in [5.74, 6) is -1.22. The molecule has 0 bridgehead atoms. The molecule has 3 nitrogen and oxygen atoms in total. The van der Waals surface area contributed by atoms with Crippen LogP contribution in [0.3, 0.4) is 0 Å². The van der Waals surface area contributed by atoms with Crippen molar-refractivity contribution in [1.29, 1.82) is 0 Å². The lowest BCUT2D eigenvalue weighted by atomic mass is 10.1. The minimum Gasteiger partial charge on any atom is -0.478 e. The number of aromatic carboxylic acids is 1.